The number of carbonyl (C=O) groups is 1. The molecule has 2 fully saturated rings. The number of guanidine groups is 1. The van der Waals surface area contributed by atoms with Crippen molar-refractivity contribution in [3.63, 3.8) is 0 Å². The fraction of sp³-hybridized carbons (Fsp3) is 0.700. The van der Waals surface area contributed by atoms with E-state index in [1.54, 1.807) is 0 Å². The van der Waals surface area contributed by atoms with Gasteiger partial charge in [0.15, 0.2) is 5.96 Å². The van der Waals surface area contributed by atoms with Crippen molar-refractivity contribution in [2.24, 2.45) is 4.99 Å². The smallest absolute Gasteiger partial charge is 0.236 e. The minimum atomic E-state index is 0.301. The number of nitrogens with one attached hydrogen (secondary N) is 1. The molecule has 1 N–H and O–H groups in total. The van der Waals surface area contributed by atoms with Crippen LogP contribution in [-0.2, 0) is 4.79 Å². The van der Waals surface area contributed by atoms with E-state index in [4.69, 9.17) is 0 Å². The number of amides is 1. The Morgan fingerprint density at radius 3 is 2.52 bits per heavy atom. The Kier molecular flexibility index (Phi) is 7.52. The van der Waals surface area contributed by atoms with Gasteiger partial charge >= 0.3 is 0 Å². The summed E-state index contributed by atoms with van der Waals surface area (Å²) >= 11 is 1.81. The van der Waals surface area contributed by atoms with Crippen LogP contribution in [0.4, 0.5) is 0 Å². The lowest BCUT2D eigenvalue weighted by Gasteiger charge is -2.37. The molecule has 0 aliphatic carbocycles. The highest BCUT2D eigenvalue weighted by atomic mass is 32.1. The second-order valence-electron chi connectivity index (χ2n) is 7.55. The number of thiophene rings is 1. The predicted octanol–water partition coefficient (Wildman–Crippen LogP) is 2.06. The van der Waals surface area contributed by atoms with E-state index in [-0.39, 0.29) is 0 Å². The van der Waals surface area contributed by atoms with Crippen molar-refractivity contribution in [2.75, 3.05) is 59.4 Å². The Morgan fingerprint density at radius 2 is 1.89 bits per heavy atom. The predicted molar refractivity (Wildman–Crippen MR) is 113 cm³/mol. The zero-order chi connectivity index (χ0) is 19.1. The molecule has 1 atom stereocenters. The fourth-order valence-corrected chi connectivity index (χ4v) is 4.59. The molecule has 0 aromatic carbocycles. The second-order valence-corrected chi connectivity index (χ2v) is 8.53. The molecule has 3 heterocycles. The van der Waals surface area contributed by atoms with Crippen LogP contribution in [-0.4, -0.2) is 86.0 Å². The quantitative estimate of drug-likeness (QED) is 0.617. The van der Waals surface area contributed by atoms with Gasteiger partial charge in [0.2, 0.25) is 5.91 Å². The minimum absolute atomic E-state index is 0.301. The van der Waals surface area contributed by atoms with Crippen molar-refractivity contribution in [1.82, 2.24) is 20.0 Å². The van der Waals surface area contributed by atoms with Gasteiger partial charge in [0.1, 0.15) is 0 Å². The van der Waals surface area contributed by atoms with Crippen LogP contribution in [0.1, 0.15) is 37.0 Å². The molecule has 3 rings (SSSR count). The second kappa shape index (κ2) is 10.1. The van der Waals surface area contributed by atoms with Crippen molar-refractivity contribution >= 4 is 23.2 Å². The molecule has 150 valence electrons. The van der Waals surface area contributed by atoms with Gasteiger partial charge in [-0.15, -0.1) is 11.3 Å². The normalized spacial score (nSPS) is 20.6. The molecule has 2 aliphatic rings. The van der Waals surface area contributed by atoms with E-state index < -0.39 is 0 Å². The summed E-state index contributed by atoms with van der Waals surface area (Å²) in [5, 5.41) is 5.65. The third-order valence-corrected chi connectivity index (χ3v) is 6.65. The molecule has 1 aromatic rings. The van der Waals surface area contributed by atoms with Gasteiger partial charge in [-0.05, 0) is 30.7 Å². The van der Waals surface area contributed by atoms with Gasteiger partial charge in [0.05, 0.1) is 6.54 Å². The Bertz CT molecular complexity index is 604. The molecule has 7 heteroatoms. The molecule has 6 nitrogen and oxygen atoms in total. The number of hydrogen-bond acceptors (Lipinski definition) is 4. The van der Waals surface area contributed by atoms with Gasteiger partial charge < -0.3 is 15.1 Å². The van der Waals surface area contributed by atoms with Crippen LogP contribution in [0.25, 0.3) is 0 Å². The van der Waals surface area contributed by atoms with Crippen molar-refractivity contribution < 1.29 is 4.79 Å². The third kappa shape index (κ3) is 5.69. The Morgan fingerprint density at radius 1 is 1.15 bits per heavy atom. The van der Waals surface area contributed by atoms with Crippen molar-refractivity contribution in [2.45, 2.75) is 32.1 Å². The van der Waals surface area contributed by atoms with Crippen molar-refractivity contribution in [1.29, 1.82) is 0 Å². The maximum Gasteiger partial charge on any atom is 0.236 e. The number of piperidine rings is 1. The summed E-state index contributed by atoms with van der Waals surface area (Å²) in [6.07, 6.45) is 3.58. The van der Waals surface area contributed by atoms with E-state index in [1.165, 1.54) is 11.3 Å². The maximum absolute atomic E-state index is 12.5. The topological polar surface area (TPSA) is 51.2 Å². The molecule has 2 aliphatic heterocycles. The SMILES string of the molecule is CN=C(NCC(C)c1cccs1)N1CCN(CC(=O)N2CCCCC2)CC1. The van der Waals surface area contributed by atoms with Crippen LogP contribution >= 0.6 is 11.3 Å². The van der Waals surface area contributed by atoms with E-state index in [0.29, 0.717) is 18.4 Å². The highest BCUT2D eigenvalue weighted by molar-refractivity contribution is 7.10. The van der Waals surface area contributed by atoms with Crippen LogP contribution in [0, 0.1) is 0 Å². The summed E-state index contributed by atoms with van der Waals surface area (Å²) in [6.45, 7) is 9.25. The third-order valence-electron chi connectivity index (χ3n) is 5.55. The first-order valence-electron chi connectivity index (χ1n) is 10.2. The lowest BCUT2D eigenvalue weighted by atomic mass is 10.1. The summed E-state index contributed by atoms with van der Waals surface area (Å²) in [5.74, 6) is 1.75. The maximum atomic E-state index is 12.5. The van der Waals surface area contributed by atoms with Gasteiger partial charge in [-0.2, -0.15) is 0 Å². The van der Waals surface area contributed by atoms with Crippen LogP contribution in [0.15, 0.2) is 22.5 Å². The molecular weight excluding hydrogens is 358 g/mol. The number of nitrogens with zero attached hydrogens (tertiary/aromatic N) is 4. The van der Waals surface area contributed by atoms with Gasteiger partial charge in [0.25, 0.3) is 0 Å². The molecular formula is C20H33N5OS. The van der Waals surface area contributed by atoms with Crippen LogP contribution < -0.4 is 5.32 Å². The number of likely N-dealkylation sites (tertiary alicyclic amines) is 1. The summed E-state index contributed by atoms with van der Waals surface area (Å²) in [5.41, 5.74) is 0. The Hall–Kier alpha value is -1.60. The molecule has 2 saturated heterocycles. The fourth-order valence-electron chi connectivity index (χ4n) is 3.80. The van der Waals surface area contributed by atoms with E-state index in [9.17, 15) is 4.79 Å². The van der Waals surface area contributed by atoms with E-state index in [2.05, 4.69) is 44.5 Å². The van der Waals surface area contributed by atoms with Crippen LogP contribution in [0.5, 0.6) is 0 Å². The minimum Gasteiger partial charge on any atom is -0.356 e. The van der Waals surface area contributed by atoms with Crippen molar-refractivity contribution in [3.8, 4) is 0 Å². The van der Waals surface area contributed by atoms with Crippen LogP contribution in [0.2, 0.25) is 0 Å². The van der Waals surface area contributed by atoms with E-state index >= 15 is 0 Å². The first-order valence-corrected chi connectivity index (χ1v) is 11.0. The molecule has 0 saturated carbocycles. The summed E-state index contributed by atoms with van der Waals surface area (Å²) in [6, 6.07) is 4.30. The van der Waals surface area contributed by atoms with Gasteiger partial charge in [-0.3, -0.25) is 14.7 Å². The molecule has 1 amide bonds. The molecule has 0 bridgehead atoms. The molecule has 0 spiro atoms. The number of piperazine rings is 1. The lowest BCUT2D eigenvalue weighted by molar-refractivity contribution is -0.133. The average Bonchev–Trinajstić information content (AvgIpc) is 3.25. The van der Waals surface area contributed by atoms with Crippen molar-refractivity contribution in [3.05, 3.63) is 22.4 Å². The average molecular weight is 392 g/mol. The van der Waals surface area contributed by atoms with Gasteiger partial charge in [-0.1, -0.05) is 13.0 Å². The zero-order valence-corrected chi connectivity index (χ0v) is 17.5. The van der Waals surface area contributed by atoms with Crippen LogP contribution in [0.3, 0.4) is 0 Å². The van der Waals surface area contributed by atoms with Gasteiger partial charge in [-0.25, -0.2) is 0 Å². The standard InChI is InChI=1S/C20H33N5OS/c1-17(18-7-6-14-27-18)15-22-20(21-2)25-12-10-23(11-13-25)16-19(26)24-8-4-3-5-9-24/h6-7,14,17H,3-5,8-13,15-16H2,1-2H3,(H,21,22). The Balaban J connectivity index is 1.41. The molecule has 1 unspecified atom stereocenters. The number of carbonyl (C=O) groups excluding carboxylic acids is 1. The number of hydrogen-bond donors (Lipinski definition) is 1. The largest absolute Gasteiger partial charge is 0.356 e. The molecule has 1 aromatic heterocycles. The van der Waals surface area contributed by atoms with E-state index in [1.807, 2.05) is 23.3 Å². The zero-order valence-electron chi connectivity index (χ0n) is 16.7. The molecule has 27 heavy (non-hydrogen) atoms. The Labute approximate surface area is 167 Å². The summed E-state index contributed by atoms with van der Waals surface area (Å²) in [4.78, 5) is 25.0. The number of rotatable bonds is 5. The number of aliphatic imine (C=N–C) groups is 1. The van der Waals surface area contributed by atoms with Gasteiger partial charge in [0, 0.05) is 63.7 Å². The first kappa shape index (κ1) is 20.1. The first-order chi connectivity index (χ1) is 13.2. The lowest BCUT2D eigenvalue weighted by Crippen LogP contribution is -2.54. The monoisotopic (exact) mass is 391 g/mol. The highest BCUT2D eigenvalue weighted by Gasteiger charge is 2.24. The molecule has 0 radical (unpaired) electrons. The highest BCUT2D eigenvalue weighted by Crippen LogP contribution is 2.19. The van der Waals surface area contributed by atoms with E-state index in [0.717, 1.165) is 64.6 Å². The summed E-state index contributed by atoms with van der Waals surface area (Å²) < 4.78 is 0. The summed E-state index contributed by atoms with van der Waals surface area (Å²) in [7, 11) is 1.85.